The zero-order valence-electron chi connectivity index (χ0n) is 11.4. The molecule has 0 aliphatic carbocycles. The fourth-order valence-electron chi connectivity index (χ4n) is 2.35. The van der Waals surface area contributed by atoms with E-state index in [-0.39, 0.29) is 11.9 Å². The Labute approximate surface area is 112 Å². The number of pyridine rings is 1. The molecule has 0 bridgehead atoms. The third-order valence-corrected chi connectivity index (χ3v) is 3.00. The Kier molecular flexibility index (Phi) is 3.93. The van der Waals surface area contributed by atoms with Crippen LogP contribution in [0.3, 0.4) is 0 Å². The number of aryl methyl sites for hydroxylation is 3. The van der Waals surface area contributed by atoms with Gasteiger partial charge in [0.2, 0.25) is 0 Å². The standard InChI is InChI=1S/C15H18FN3/c1-9-4-12(8-14(16)5-9)15(19-17)13-6-10(2)18-11(3)7-13/h4-8,15,19H,17H2,1-3H3. The molecule has 0 aliphatic heterocycles. The maximum atomic E-state index is 13.5. The molecule has 2 rings (SSSR count). The van der Waals surface area contributed by atoms with Crippen LogP contribution < -0.4 is 11.3 Å². The summed E-state index contributed by atoms with van der Waals surface area (Å²) in [5, 5.41) is 0. The van der Waals surface area contributed by atoms with Crippen LogP contribution in [0.2, 0.25) is 0 Å². The predicted octanol–water partition coefficient (Wildman–Crippen LogP) is 2.70. The monoisotopic (exact) mass is 259 g/mol. The molecule has 1 unspecified atom stereocenters. The number of rotatable bonds is 3. The highest BCUT2D eigenvalue weighted by atomic mass is 19.1. The van der Waals surface area contributed by atoms with Crippen molar-refractivity contribution in [2.45, 2.75) is 26.8 Å². The molecule has 19 heavy (non-hydrogen) atoms. The summed E-state index contributed by atoms with van der Waals surface area (Å²) >= 11 is 0. The molecule has 0 saturated heterocycles. The fraction of sp³-hybridized carbons (Fsp3) is 0.267. The molecule has 0 amide bonds. The Morgan fingerprint density at radius 3 is 2.11 bits per heavy atom. The predicted molar refractivity (Wildman–Crippen MR) is 74.0 cm³/mol. The van der Waals surface area contributed by atoms with Crippen molar-refractivity contribution in [2.24, 2.45) is 5.84 Å². The van der Waals surface area contributed by atoms with E-state index in [0.29, 0.717) is 0 Å². The highest BCUT2D eigenvalue weighted by molar-refractivity contribution is 5.35. The molecule has 3 N–H and O–H groups in total. The average molecular weight is 259 g/mol. The number of halogens is 1. The second-order valence-corrected chi connectivity index (χ2v) is 4.84. The van der Waals surface area contributed by atoms with Crippen LogP contribution in [-0.4, -0.2) is 4.98 Å². The van der Waals surface area contributed by atoms with E-state index in [1.807, 2.05) is 39.0 Å². The summed E-state index contributed by atoms with van der Waals surface area (Å²) in [5.41, 5.74) is 7.26. The van der Waals surface area contributed by atoms with Gasteiger partial charge in [0.1, 0.15) is 5.82 Å². The number of benzene rings is 1. The zero-order valence-corrected chi connectivity index (χ0v) is 11.4. The third kappa shape index (κ3) is 3.16. The molecule has 1 aromatic carbocycles. The Morgan fingerprint density at radius 1 is 1.00 bits per heavy atom. The van der Waals surface area contributed by atoms with Gasteiger partial charge in [0, 0.05) is 11.4 Å². The maximum Gasteiger partial charge on any atom is 0.123 e. The van der Waals surface area contributed by atoms with Gasteiger partial charge in [-0.25, -0.2) is 9.82 Å². The quantitative estimate of drug-likeness (QED) is 0.658. The van der Waals surface area contributed by atoms with Gasteiger partial charge in [0.25, 0.3) is 0 Å². The Hall–Kier alpha value is -1.78. The number of nitrogens with one attached hydrogen (secondary N) is 1. The van der Waals surface area contributed by atoms with Crippen molar-refractivity contribution in [3.63, 3.8) is 0 Å². The number of nitrogens with zero attached hydrogens (tertiary/aromatic N) is 1. The Bertz CT molecular complexity index is 504. The Morgan fingerprint density at radius 2 is 1.58 bits per heavy atom. The van der Waals surface area contributed by atoms with E-state index in [1.165, 1.54) is 12.1 Å². The van der Waals surface area contributed by atoms with Gasteiger partial charge in [0.15, 0.2) is 0 Å². The summed E-state index contributed by atoms with van der Waals surface area (Å²) in [6.07, 6.45) is 0. The first-order chi connectivity index (χ1) is 8.99. The largest absolute Gasteiger partial charge is 0.271 e. The van der Waals surface area contributed by atoms with E-state index < -0.39 is 0 Å². The van der Waals surface area contributed by atoms with Crippen molar-refractivity contribution in [3.8, 4) is 0 Å². The molecule has 1 aromatic heterocycles. The minimum Gasteiger partial charge on any atom is -0.271 e. The molecule has 3 nitrogen and oxygen atoms in total. The third-order valence-electron chi connectivity index (χ3n) is 3.00. The maximum absolute atomic E-state index is 13.5. The van der Waals surface area contributed by atoms with Crippen molar-refractivity contribution in [2.75, 3.05) is 0 Å². The van der Waals surface area contributed by atoms with Crippen LogP contribution in [0.4, 0.5) is 4.39 Å². The van der Waals surface area contributed by atoms with E-state index in [1.54, 1.807) is 0 Å². The SMILES string of the molecule is Cc1cc(F)cc(C(NN)c2cc(C)nc(C)c2)c1. The molecule has 0 saturated carbocycles. The van der Waals surface area contributed by atoms with Crippen molar-refractivity contribution < 1.29 is 4.39 Å². The molecule has 0 radical (unpaired) electrons. The van der Waals surface area contributed by atoms with Gasteiger partial charge in [-0.3, -0.25) is 10.8 Å². The second kappa shape index (κ2) is 5.47. The van der Waals surface area contributed by atoms with Crippen LogP contribution in [0.5, 0.6) is 0 Å². The van der Waals surface area contributed by atoms with Crippen LogP contribution >= 0.6 is 0 Å². The van der Waals surface area contributed by atoms with E-state index in [4.69, 9.17) is 5.84 Å². The summed E-state index contributed by atoms with van der Waals surface area (Å²) in [6, 6.07) is 8.60. The smallest absolute Gasteiger partial charge is 0.123 e. The molecule has 0 aliphatic rings. The lowest BCUT2D eigenvalue weighted by atomic mass is 9.97. The minimum atomic E-state index is -0.252. The normalized spacial score (nSPS) is 12.5. The van der Waals surface area contributed by atoms with Gasteiger partial charge >= 0.3 is 0 Å². The topological polar surface area (TPSA) is 50.9 Å². The first-order valence-electron chi connectivity index (χ1n) is 6.18. The van der Waals surface area contributed by atoms with Crippen molar-refractivity contribution in [1.29, 1.82) is 0 Å². The first-order valence-corrected chi connectivity index (χ1v) is 6.18. The van der Waals surface area contributed by atoms with Crippen LogP contribution in [0.25, 0.3) is 0 Å². The van der Waals surface area contributed by atoms with Crippen LogP contribution in [-0.2, 0) is 0 Å². The first kappa shape index (κ1) is 13.6. The number of hydrazine groups is 1. The summed E-state index contributed by atoms with van der Waals surface area (Å²) in [7, 11) is 0. The van der Waals surface area contributed by atoms with Crippen LogP contribution in [0.15, 0.2) is 30.3 Å². The highest BCUT2D eigenvalue weighted by Gasteiger charge is 2.14. The number of hydrogen-bond donors (Lipinski definition) is 2. The van der Waals surface area contributed by atoms with Gasteiger partial charge in [-0.05, 0) is 61.7 Å². The summed E-state index contributed by atoms with van der Waals surface area (Å²) < 4.78 is 13.5. The summed E-state index contributed by atoms with van der Waals surface area (Å²) in [5.74, 6) is 5.39. The van der Waals surface area contributed by atoms with Gasteiger partial charge in [-0.2, -0.15) is 0 Å². The number of hydrogen-bond acceptors (Lipinski definition) is 3. The Balaban J connectivity index is 2.49. The summed E-state index contributed by atoms with van der Waals surface area (Å²) in [6.45, 7) is 5.73. The van der Waals surface area contributed by atoms with Crippen molar-refractivity contribution >= 4 is 0 Å². The highest BCUT2D eigenvalue weighted by Crippen LogP contribution is 2.24. The van der Waals surface area contributed by atoms with Gasteiger partial charge in [0.05, 0.1) is 6.04 Å². The lowest BCUT2D eigenvalue weighted by Crippen LogP contribution is -2.29. The van der Waals surface area contributed by atoms with E-state index in [9.17, 15) is 4.39 Å². The van der Waals surface area contributed by atoms with Crippen molar-refractivity contribution in [1.82, 2.24) is 10.4 Å². The molecule has 0 spiro atoms. The molecule has 0 fully saturated rings. The molecular weight excluding hydrogens is 241 g/mol. The lowest BCUT2D eigenvalue weighted by Gasteiger charge is -2.18. The van der Waals surface area contributed by atoms with Crippen molar-refractivity contribution in [3.05, 3.63) is 64.2 Å². The van der Waals surface area contributed by atoms with Gasteiger partial charge in [-0.15, -0.1) is 0 Å². The van der Waals surface area contributed by atoms with Gasteiger partial charge in [-0.1, -0.05) is 6.07 Å². The summed E-state index contributed by atoms with van der Waals surface area (Å²) in [4.78, 5) is 4.34. The lowest BCUT2D eigenvalue weighted by molar-refractivity contribution is 0.603. The van der Waals surface area contributed by atoms with E-state index >= 15 is 0 Å². The van der Waals surface area contributed by atoms with Gasteiger partial charge < -0.3 is 0 Å². The van der Waals surface area contributed by atoms with Crippen LogP contribution in [0, 0.1) is 26.6 Å². The number of nitrogens with two attached hydrogens (primary N) is 1. The molecule has 1 atom stereocenters. The van der Waals surface area contributed by atoms with Crippen LogP contribution in [0.1, 0.15) is 34.1 Å². The molecule has 4 heteroatoms. The average Bonchev–Trinajstić information content (AvgIpc) is 2.27. The molecule has 2 aromatic rings. The number of aromatic nitrogens is 1. The molecule has 100 valence electrons. The molecular formula is C15H18FN3. The second-order valence-electron chi connectivity index (χ2n) is 4.84. The van der Waals surface area contributed by atoms with E-state index in [0.717, 1.165) is 28.1 Å². The van der Waals surface area contributed by atoms with E-state index in [2.05, 4.69) is 10.4 Å². The minimum absolute atomic E-state index is 0.241. The fourth-order valence-corrected chi connectivity index (χ4v) is 2.35. The zero-order chi connectivity index (χ0) is 14.0. The molecule has 1 heterocycles.